The van der Waals surface area contributed by atoms with E-state index in [1.54, 1.807) is 11.9 Å². The molecule has 1 atom stereocenters. The molecule has 1 aromatic rings. The molecule has 0 spiro atoms. The first-order valence-electron chi connectivity index (χ1n) is 8.59. The standard InChI is InChI=1S/C20H27N3O3/c1-7-22-18(21-5)15-8-9-16-14(12-15)10-11-25-17(16)13-23(6)19(24)26-20(2,3)4/h7-9,12,17H,1,5,10-11,13H2,2-4,6H3. The molecule has 0 fully saturated rings. The predicted octanol–water partition coefficient (Wildman–Crippen LogP) is 3.76. The maximum Gasteiger partial charge on any atom is 0.410 e. The largest absolute Gasteiger partial charge is 0.444 e. The fourth-order valence-electron chi connectivity index (χ4n) is 2.78. The Bertz CT molecular complexity index is 720. The number of hydrogen-bond acceptors (Lipinski definition) is 4. The van der Waals surface area contributed by atoms with Crippen molar-refractivity contribution in [1.29, 1.82) is 0 Å². The molecule has 0 N–H and O–H groups in total. The van der Waals surface area contributed by atoms with Crippen molar-refractivity contribution in [2.75, 3.05) is 20.2 Å². The van der Waals surface area contributed by atoms with E-state index in [-0.39, 0.29) is 12.2 Å². The molecule has 1 aliphatic rings. The molecule has 1 amide bonds. The molecule has 1 unspecified atom stereocenters. The second-order valence-electron chi connectivity index (χ2n) is 7.18. The van der Waals surface area contributed by atoms with Crippen molar-refractivity contribution in [3.63, 3.8) is 0 Å². The van der Waals surface area contributed by atoms with Gasteiger partial charge in [0.25, 0.3) is 0 Å². The number of amides is 1. The number of benzene rings is 1. The lowest BCUT2D eigenvalue weighted by atomic mass is 9.94. The first kappa shape index (κ1) is 19.8. The molecule has 26 heavy (non-hydrogen) atoms. The summed E-state index contributed by atoms with van der Waals surface area (Å²) in [4.78, 5) is 21.8. The van der Waals surface area contributed by atoms with Gasteiger partial charge in [0.15, 0.2) is 5.84 Å². The Morgan fingerprint density at radius 3 is 2.81 bits per heavy atom. The number of nitrogens with zero attached hydrogens (tertiary/aromatic N) is 3. The topological polar surface area (TPSA) is 63.5 Å². The summed E-state index contributed by atoms with van der Waals surface area (Å²) in [6.45, 7) is 13.7. The highest BCUT2D eigenvalue weighted by molar-refractivity contribution is 6.01. The molecule has 0 saturated heterocycles. The second-order valence-corrected chi connectivity index (χ2v) is 7.18. The zero-order chi connectivity index (χ0) is 19.3. The number of ether oxygens (including phenoxy) is 2. The van der Waals surface area contributed by atoms with Crippen LogP contribution in [0.25, 0.3) is 0 Å². The summed E-state index contributed by atoms with van der Waals surface area (Å²) in [5, 5.41) is 0. The van der Waals surface area contributed by atoms with Crippen LogP contribution in [0.4, 0.5) is 4.79 Å². The highest BCUT2D eigenvalue weighted by Crippen LogP contribution is 2.29. The first-order chi connectivity index (χ1) is 12.2. The molecule has 1 aliphatic heterocycles. The minimum absolute atomic E-state index is 0.193. The van der Waals surface area contributed by atoms with Crippen molar-refractivity contribution in [3.8, 4) is 0 Å². The van der Waals surface area contributed by atoms with E-state index in [4.69, 9.17) is 9.47 Å². The van der Waals surface area contributed by atoms with Gasteiger partial charge in [0, 0.05) is 18.8 Å². The van der Waals surface area contributed by atoms with Gasteiger partial charge < -0.3 is 14.4 Å². The van der Waals surface area contributed by atoms with Crippen molar-refractivity contribution in [3.05, 3.63) is 47.7 Å². The third-order valence-corrected chi connectivity index (χ3v) is 3.95. The Labute approximate surface area is 155 Å². The molecule has 0 radical (unpaired) electrons. The average molecular weight is 357 g/mol. The van der Waals surface area contributed by atoms with E-state index in [1.807, 2.05) is 32.9 Å². The number of amidine groups is 1. The van der Waals surface area contributed by atoms with Crippen LogP contribution in [0.1, 0.15) is 43.6 Å². The van der Waals surface area contributed by atoms with Gasteiger partial charge in [0.05, 0.1) is 13.2 Å². The Balaban J connectivity index is 2.18. The first-order valence-corrected chi connectivity index (χ1v) is 8.59. The summed E-state index contributed by atoms with van der Waals surface area (Å²) in [6, 6.07) is 5.99. The van der Waals surface area contributed by atoms with Gasteiger partial charge in [-0.15, -0.1) is 0 Å². The lowest BCUT2D eigenvalue weighted by Crippen LogP contribution is -2.37. The smallest absolute Gasteiger partial charge is 0.410 e. The molecule has 140 valence electrons. The van der Waals surface area contributed by atoms with E-state index in [0.29, 0.717) is 19.0 Å². The SMILES string of the molecule is C=CN=C(N=C)c1ccc2c(c1)CCOC2CN(C)C(=O)OC(C)(C)C. The van der Waals surface area contributed by atoms with Gasteiger partial charge in [-0.3, -0.25) is 0 Å². The zero-order valence-electron chi connectivity index (χ0n) is 16.0. The van der Waals surface area contributed by atoms with Gasteiger partial charge in [0.2, 0.25) is 0 Å². The molecule has 6 nitrogen and oxygen atoms in total. The Kier molecular flexibility index (Phi) is 6.32. The third kappa shape index (κ3) is 5.02. The van der Waals surface area contributed by atoms with E-state index in [9.17, 15) is 4.79 Å². The van der Waals surface area contributed by atoms with Crippen molar-refractivity contribution in [2.45, 2.75) is 38.9 Å². The number of rotatable bonds is 4. The molecule has 2 rings (SSSR count). The minimum atomic E-state index is -0.524. The summed E-state index contributed by atoms with van der Waals surface area (Å²) in [5.41, 5.74) is 2.60. The van der Waals surface area contributed by atoms with Gasteiger partial charge in [0.1, 0.15) is 11.7 Å². The quantitative estimate of drug-likeness (QED) is 0.609. The Morgan fingerprint density at radius 1 is 1.46 bits per heavy atom. The van der Waals surface area contributed by atoms with Crippen LogP contribution in [-0.4, -0.2) is 49.3 Å². The number of likely N-dealkylation sites (N-methyl/N-ethyl adjacent to an activating group) is 1. The van der Waals surface area contributed by atoms with Crippen molar-refractivity contribution >= 4 is 18.6 Å². The van der Waals surface area contributed by atoms with E-state index in [1.165, 1.54) is 6.20 Å². The molecule has 0 saturated carbocycles. The summed E-state index contributed by atoms with van der Waals surface area (Å²) in [7, 11) is 1.72. The highest BCUT2D eigenvalue weighted by atomic mass is 16.6. The molecule has 1 aromatic carbocycles. The molecule has 0 aliphatic carbocycles. The fourth-order valence-corrected chi connectivity index (χ4v) is 2.78. The van der Waals surface area contributed by atoms with Crippen LogP contribution in [0.15, 0.2) is 41.0 Å². The van der Waals surface area contributed by atoms with Gasteiger partial charge in [-0.2, -0.15) is 0 Å². The number of aliphatic imine (C=N–C) groups is 2. The summed E-state index contributed by atoms with van der Waals surface area (Å²) in [5.74, 6) is 0.539. The number of fused-ring (bicyclic) bond motifs is 1. The number of hydrogen-bond donors (Lipinski definition) is 0. The van der Waals surface area contributed by atoms with E-state index in [0.717, 1.165) is 23.1 Å². The second kappa shape index (κ2) is 8.27. The van der Waals surface area contributed by atoms with Crippen LogP contribution in [0, 0.1) is 0 Å². The number of carbonyl (C=O) groups is 1. The van der Waals surface area contributed by atoms with Crippen LogP contribution >= 0.6 is 0 Å². The maximum atomic E-state index is 12.2. The van der Waals surface area contributed by atoms with Crippen molar-refractivity contribution < 1.29 is 14.3 Å². The van der Waals surface area contributed by atoms with Crippen LogP contribution in [0.3, 0.4) is 0 Å². The van der Waals surface area contributed by atoms with Gasteiger partial charge >= 0.3 is 6.09 Å². The fraction of sp³-hybridized carbons (Fsp3) is 0.450. The molecule has 6 heteroatoms. The van der Waals surface area contributed by atoms with Crippen LogP contribution in [-0.2, 0) is 15.9 Å². The molecule has 1 heterocycles. The number of carbonyl (C=O) groups excluding carboxylic acids is 1. The van der Waals surface area contributed by atoms with Crippen molar-refractivity contribution in [2.24, 2.45) is 9.98 Å². The van der Waals surface area contributed by atoms with Crippen LogP contribution < -0.4 is 0 Å². The Hall–Kier alpha value is -2.47. The maximum absolute atomic E-state index is 12.2. The average Bonchev–Trinajstić information content (AvgIpc) is 2.58. The van der Waals surface area contributed by atoms with E-state index >= 15 is 0 Å². The molecule has 0 aromatic heterocycles. The third-order valence-electron chi connectivity index (χ3n) is 3.95. The summed E-state index contributed by atoms with van der Waals surface area (Å²) >= 11 is 0. The van der Waals surface area contributed by atoms with E-state index in [2.05, 4.69) is 29.3 Å². The molecule has 0 bridgehead atoms. The summed E-state index contributed by atoms with van der Waals surface area (Å²) < 4.78 is 11.3. The van der Waals surface area contributed by atoms with Gasteiger partial charge in [-0.05, 0) is 51.1 Å². The lowest BCUT2D eigenvalue weighted by molar-refractivity contribution is -0.00164. The van der Waals surface area contributed by atoms with Crippen molar-refractivity contribution in [1.82, 2.24) is 4.90 Å². The lowest BCUT2D eigenvalue weighted by Gasteiger charge is -2.31. The minimum Gasteiger partial charge on any atom is -0.444 e. The zero-order valence-corrected chi connectivity index (χ0v) is 16.0. The Morgan fingerprint density at radius 2 is 2.19 bits per heavy atom. The summed E-state index contributed by atoms with van der Waals surface area (Å²) in [6.07, 6.45) is 1.70. The van der Waals surface area contributed by atoms with Gasteiger partial charge in [-0.1, -0.05) is 18.7 Å². The van der Waals surface area contributed by atoms with Gasteiger partial charge in [-0.25, -0.2) is 14.8 Å². The molecular weight excluding hydrogens is 330 g/mol. The highest BCUT2D eigenvalue weighted by Gasteiger charge is 2.26. The monoisotopic (exact) mass is 357 g/mol. The molecular formula is C20H27N3O3. The van der Waals surface area contributed by atoms with Crippen LogP contribution in [0.2, 0.25) is 0 Å². The predicted molar refractivity (Wildman–Crippen MR) is 104 cm³/mol. The van der Waals surface area contributed by atoms with E-state index < -0.39 is 5.60 Å². The van der Waals surface area contributed by atoms with Crippen LogP contribution in [0.5, 0.6) is 0 Å². The normalized spacial score (nSPS) is 17.2.